The number of nitrogens with zero attached hydrogens (tertiary/aromatic N) is 2. The molecule has 0 heterocycles. The average Bonchev–Trinajstić information content (AvgIpc) is 2.60. The first-order valence-corrected chi connectivity index (χ1v) is 8.93. The van der Waals surface area contributed by atoms with Gasteiger partial charge in [-0.15, -0.1) is 0 Å². The van der Waals surface area contributed by atoms with E-state index in [4.69, 9.17) is 11.6 Å². The first kappa shape index (κ1) is 20.6. The van der Waals surface area contributed by atoms with Crippen LogP contribution in [-0.4, -0.2) is 31.4 Å². The zero-order chi connectivity index (χ0) is 20.0. The molecule has 0 unspecified atom stereocenters. The second-order valence-electron chi connectivity index (χ2n) is 7.16. The Balaban J connectivity index is 2.62. The number of aliphatic imine (C=N–C) groups is 2. The maximum absolute atomic E-state index is 12.8. The van der Waals surface area contributed by atoms with E-state index in [1.165, 1.54) is 0 Å². The highest BCUT2D eigenvalue weighted by Gasteiger charge is 2.17. The van der Waals surface area contributed by atoms with Gasteiger partial charge in [0.15, 0.2) is 0 Å². The Morgan fingerprint density at radius 2 is 1.70 bits per heavy atom. The predicted molar refractivity (Wildman–Crippen MR) is 116 cm³/mol. The highest BCUT2D eigenvalue weighted by molar-refractivity contribution is 6.30. The Hall–Kier alpha value is -2.72. The molecule has 0 saturated carbocycles. The highest BCUT2D eigenvalue weighted by atomic mass is 35.5. The van der Waals surface area contributed by atoms with E-state index in [1.54, 1.807) is 19.5 Å². The molecular formula is C22H24ClN3O. The first-order valence-electron chi connectivity index (χ1n) is 8.55. The topological polar surface area (TPSA) is 53.8 Å². The van der Waals surface area contributed by atoms with E-state index in [-0.39, 0.29) is 11.4 Å². The second kappa shape index (κ2) is 8.78. The summed E-state index contributed by atoms with van der Waals surface area (Å²) in [5.41, 5.74) is 3.70. The summed E-state index contributed by atoms with van der Waals surface area (Å²) >= 11 is 6.01. The summed E-state index contributed by atoms with van der Waals surface area (Å²) in [7, 11) is 1.69. The van der Waals surface area contributed by atoms with Crippen LogP contribution in [0.25, 0.3) is 16.7 Å². The summed E-state index contributed by atoms with van der Waals surface area (Å²) in [5.74, 6) is -0.140. The Morgan fingerprint density at radius 1 is 1.07 bits per heavy atom. The number of carbonyl (C=O) groups is 1. The molecule has 140 valence electrons. The van der Waals surface area contributed by atoms with Crippen molar-refractivity contribution in [1.29, 1.82) is 0 Å². The van der Waals surface area contributed by atoms with E-state index in [2.05, 4.69) is 22.0 Å². The van der Waals surface area contributed by atoms with Crippen LogP contribution in [0.2, 0.25) is 5.02 Å². The van der Waals surface area contributed by atoms with Crippen molar-refractivity contribution < 1.29 is 4.79 Å². The fraction of sp³-hybridized carbons (Fsp3) is 0.227. The Bertz CT molecular complexity index is 891. The molecule has 0 bridgehead atoms. The molecular weight excluding hydrogens is 358 g/mol. The summed E-state index contributed by atoms with van der Waals surface area (Å²) in [6.45, 7) is 9.37. The number of nitrogens with one attached hydrogen (secondary N) is 1. The highest BCUT2D eigenvalue weighted by Crippen LogP contribution is 2.27. The van der Waals surface area contributed by atoms with E-state index in [0.29, 0.717) is 10.6 Å². The number of hydrogen-bond acceptors (Lipinski definition) is 3. The lowest BCUT2D eigenvalue weighted by Crippen LogP contribution is -2.40. The molecule has 0 fully saturated rings. The molecule has 0 radical (unpaired) electrons. The molecule has 4 nitrogen and oxygen atoms in total. The molecule has 0 aliphatic carbocycles. The van der Waals surface area contributed by atoms with E-state index in [1.807, 2.05) is 63.2 Å². The standard InChI is InChI=1S/C22H24ClN3O/c1-22(2,3)26-21(27)18-11-16(15-6-8-20(23)9-7-15)10-17(12-18)19(13-24-4)14-25-5/h6-14H,4H2,1-3,5H3,(H,26,27)/b19-13+,25-14?. The summed E-state index contributed by atoms with van der Waals surface area (Å²) in [6, 6.07) is 13.2. The normalized spacial score (nSPS) is 12.3. The molecule has 0 spiro atoms. The minimum atomic E-state index is -0.334. The molecule has 2 aromatic carbocycles. The van der Waals surface area contributed by atoms with Gasteiger partial charge in [0, 0.05) is 41.2 Å². The van der Waals surface area contributed by atoms with Crippen molar-refractivity contribution >= 4 is 36.0 Å². The average molecular weight is 382 g/mol. The van der Waals surface area contributed by atoms with Crippen LogP contribution in [0.4, 0.5) is 0 Å². The Morgan fingerprint density at radius 3 is 2.26 bits per heavy atom. The lowest BCUT2D eigenvalue weighted by molar-refractivity contribution is 0.0919. The van der Waals surface area contributed by atoms with Crippen LogP contribution in [0.15, 0.2) is 58.6 Å². The van der Waals surface area contributed by atoms with Crippen molar-refractivity contribution in [3.8, 4) is 11.1 Å². The van der Waals surface area contributed by atoms with E-state index >= 15 is 0 Å². The largest absolute Gasteiger partial charge is 0.347 e. The number of carbonyl (C=O) groups excluding carboxylic acids is 1. The molecule has 0 aromatic heterocycles. The van der Waals surface area contributed by atoms with Gasteiger partial charge < -0.3 is 5.32 Å². The van der Waals surface area contributed by atoms with E-state index < -0.39 is 0 Å². The molecule has 2 rings (SSSR count). The fourth-order valence-corrected chi connectivity index (χ4v) is 2.69. The number of benzene rings is 2. The lowest BCUT2D eigenvalue weighted by Gasteiger charge is -2.21. The first-order chi connectivity index (χ1) is 12.7. The third-order valence-corrected chi connectivity index (χ3v) is 3.95. The minimum absolute atomic E-state index is 0.140. The van der Waals surface area contributed by atoms with Crippen LogP contribution < -0.4 is 5.32 Å². The van der Waals surface area contributed by atoms with Crippen LogP contribution in [0.5, 0.6) is 0 Å². The smallest absolute Gasteiger partial charge is 0.251 e. The fourth-order valence-electron chi connectivity index (χ4n) is 2.57. The number of halogens is 1. The maximum atomic E-state index is 12.8. The van der Waals surface area contributed by atoms with Crippen molar-refractivity contribution in [2.45, 2.75) is 26.3 Å². The molecule has 1 N–H and O–H groups in total. The Kier molecular flexibility index (Phi) is 6.70. The van der Waals surface area contributed by atoms with E-state index in [0.717, 1.165) is 22.3 Å². The van der Waals surface area contributed by atoms with Gasteiger partial charge in [-0.1, -0.05) is 23.7 Å². The van der Waals surface area contributed by atoms with Crippen LogP contribution in [-0.2, 0) is 0 Å². The predicted octanol–water partition coefficient (Wildman–Crippen LogP) is 5.28. The van der Waals surface area contributed by atoms with Crippen LogP contribution in [0, 0.1) is 0 Å². The van der Waals surface area contributed by atoms with Gasteiger partial charge in [-0.3, -0.25) is 14.8 Å². The minimum Gasteiger partial charge on any atom is -0.347 e. The molecule has 0 aliphatic rings. The van der Waals surface area contributed by atoms with E-state index in [9.17, 15) is 4.79 Å². The molecule has 0 saturated heterocycles. The van der Waals surface area contributed by atoms with Gasteiger partial charge in [-0.05, 0) is 74.5 Å². The molecule has 27 heavy (non-hydrogen) atoms. The maximum Gasteiger partial charge on any atom is 0.251 e. The molecule has 0 atom stereocenters. The summed E-state index contributed by atoms with van der Waals surface area (Å²) in [5, 5.41) is 3.67. The number of allylic oxidation sites excluding steroid dienone is 1. The van der Waals surface area contributed by atoms with Crippen LogP contribution in [0.1, 0.15) is 36.7 Å². The quantitative estimate of drug-likeness (QED) is 0.704. The Labute approximate surface area is 165 Å². The van der Waals surface area contributed by atoms with Crippen molar-refractivity contribution in [2.75, 3.05) is 7.05 Å². The van der Waals surface area contributed by atoms with Gasteiger partial charge in [0.05, 0.1) is 0 Å². The summed E-state index contributed by atoms with van der Waals surface area (Å²) in [4.78, 5) is 20.7. The van der Waals surface area contributed by atoms with Crippen molar-refractivity contribution in [1.82, 2.24) is 5.32 Å². The van der Waals surface area contributed by atoms with Crippen LogP contribution in [0.3, 0.4) is 0 Å². The van der Waals surface area contributed by atoms with Gasteiger partial charge in [0.1, 0.15) is 0 Å². The van der Waals surface area contributed by atoms with Gasteiger partial charge in [-0.2, -0.15) is 0 Å². The van der Waals surface area contributed by atoms with Crippen molar-refractivity contribution in [2.24, 2.45) is 9.98 Å². The zero-order valence-electron chi connectivity index (χ0n) is 16.1. The van der Waals surface area contributed by atoms with Crippen LogP contribution >= 0.6 is 11.6 Å². The zero-order valence-corrected chi connectivity index (χ0v) is 16.8. The van der Waals surface area contributed by atoms with Gasteiger partial charge >= 0.3 is 0 Å². The third-order valence-electron chi connectivity index (χ3n) is 3.69. The SMILES string of the molecule is C=N/C=C(\C=NC)c1cc(C(=O)NC(C)(C)C)cc(-c2ccc(Cl)cc2)c1. The second-order valence-corrected chi connectivity index (χ2v) is 7.60. The third kappa shape index (κ3) is 5.90. The monoisotopic (exact) mass is 381 g/mol. The van der Waals surface area contributed by atoms with Gasteiger partial charge in [-0.25, -0.2) is 0 Å². The number of amides is 1. The van der Waals surface area contributed by atoms with Gasteiger partial charge in [0.25, 0.3) is 5.91 Å². The molecule has 2 aromatic rings. The molecule has 0 aliphatic heterocycles. The molecule has 1 amide bonds. The lowest BCUT2D eigenvalue weighted by atomic mass is 9.96. The molecule has 5 heteroatoms. The van der Waals surface area contributed by atoms with Crippen molar-refractivity contribution in [3.63, 3.8) is 0 Å². The number of rotatable bonds is 5. The summed E-state index contributed by atoms with van der Waals surface area (Å²) < 4.78 is 0. The van der Waals surface area contributed by atoms with Gasteiger partial charge in [0.2, 0.25) is 0 Å². The van der Waals surface area contributed by atoms with Crippen molar-refractivity contribution in [3.05, 3.63) is 64.8 Å². The summed E-state index contributed by atoms with van der Waals surface area (Å²) in [6.07, 6.45) is 3.32. The number of hydrogen-bond donors (Lipinski definition) is 1.